The number of allylic oxidation sites excluding steroid dienone is 2. The number of anilines is 1. The molecule has 1 saturated carbocycles. The number of alkyl halides is 2. The van der Waals surface area contributed by atoms with E-state index in [4.69, 9.17) is 0 Å². The van der Waals surface area contributed by atoms with Crippen LogP contribution in [-0.2, 0) is 9.59 Å². The quantitative estimate of drug-likeness (QED) is 0.832. The Labute approximate surface area is 130 Å². The molecule has 0 radical (unpaired) electrons. The molecule has 0 aliphatic heterocycles. The molecule has 0 unspecified atom stereocenters. The first-order chi connectivity index (χ1) is 11.0. The van der Waals surface area contributed by atoms with Crippen LogP contribution in [0.5, 0.6) is 5.75 Å². The topological polar surface area (TPSA) is 78.5 Å². The Morgan fingerprint density at radius 2 is 1.83 bits per heavy atom. The predicted octanol–water partition coefficient (Wildman–Crippen LogP) is 1.41. The zero-order valence-corrected chi connectivity index (χ0v) is 11.9. The average molecular weight is 322 g/mol. The maximum Gasteiger partial charge on any atom is 0.387 e. The number of carbonyl (C=O) groups is 2. The molecule has 2 bridgehead atoms. The molecule has 1 fully saturated rings. The molecule has 4 atom stereocenters. The minimum Gasteiger partial charge on any atom is -0.550 e. The van der Waals surface area contributed by atoms with Crippen molar-refractivity contribution in [3.63, 3.8) is 0 Å². The van der Waals surface area contributed by atoms with Gasteiger partial charge in [0.1, 0.15) is 5.75 Å². The number of ether oxygens (including phenoxy) is 1. The summed E-state index contributed by atoms with van der Waals surface area (Å²) in [7, 11) is 0. The third-order valence-corrected chi connectivity index (χ3v) is 4.40. The molecule has 1 aromatic carbocycles. The van der Waals surface area contributed by atoms with Gasteiger partial charge in [0.15, 0.2) is 0 Å². The average Bonchev–Trinajstić information content (AvgIpc) is 3.09. The first-order valence-electron chi connectivity index (χ1n) is 7.21. The van der Waals surface area contributed by atoms with Crippen molar-refractivity contribution in [1.29, 1.82) is 0 Å². The zero-order valence-electron chi connectivity index (χ0n) is 11.9. The second kappa shape index (κ2) is 5.98. The van der Waals surface area contributed by atoms with Crippen molar-refractivity contribution in [3.8, 4) is 5.75 Å². The second-order valence-electron chi connectivity index (χ2n) is 5.68. The molecule has 0 aromatic heterocycles. The van der Waals surface area contributed by atoms with Crippen molar-refractivity contribution < 1.29 is 28.2 Å². The number of nitrogens with one attached hydrogen (secondary N) is 1. The van der Waals surface area contributed by atoms with Gasteiger partial charge in [-0.25, -0.2) is 0 Å². The SMILES string of the molecule is O=C([O-])[C@H]1[C@H](C(=O)Nc2ccccc2OC(F)F)[C@H]2C=C[C@@H]1C2. The molecule has 1 N–H and O–H groups in total. The molecule has 7 heteroatoms. The van der Waals surface area contributed by atoms with E-state index in [1.807, 2.05) is 6.08 Å². The maximum atomic E-state index is 12.5. The standard InChI is InChI=1S/C16H15F2NO4/c17-16(18)23-11-4-2-1-3-10(11)19-14(20)12-8-5-6-9(7-8)13(12)15(21)22/h1-6,8-9,12-13,16H,7H2,(H,19,20)(H,21,22)/p-1/t8-,9+,12+,13+/m0/s1. The van der Waals surface area contributed by atoms with Gasteiger partial charge in [0.2, 0.25) is 5.91 Å². The summed E-state index contributed by atoms with van der Waals surface area (Å²) < 4.78 is 29.2. The molecule has 23 heavy (non-hydrogen) atoms. The Balaban J connectivity index is 1.80. The molecule has 0 heterocycles. The number of benzene rings is 1. The van der Waals surface area contributed by atoms with Crippen molar-refractivity contribution in [2.24, 2.45) is 23.7 Å². The van der Waals surface area contributed by atoms with Gasteiger partial charge in [0.05, 0.1) is 11.6 Å². The number of aliphatic carboxylic acids is 1. The van der Waals surface area contributed by atoms with E-state index in [-0.39, 0.29) is 23.3 Å². The van der Waals surface area contributed by atoms with Crippen LogP contribution in [0.15, 0.2) is 36.4 Å². The first kappa shape index (κ1) is 15.5. The minimum absolute atomic E-state index is 0.0849. The third kappa shape index (κ3) is 2.91. The Bertz CT molecular complexity index is 661. The number of halogens is 2. The van der Waals surface area contributed by atoms with Crippen molar-refractivity contribution >= 4 is 17.6 Å². The van der Waals surface area contributed by atoms with Gasteiger partial charge in [0, 0.05) is 11.9 Å². The number of hydrogen-bond donors (Lipinski definition) is 1. The molecule has 5 nitrogen and oxygen atoms in total. The summed E-state index contributed by atoms with van der Waals surface area (Å²) in [4.78, 5) is 23.8. The van der Waals surface area contributed by atoms with E-state index in [0.717, 1.165) is 0 Å². The largest absolute Gasteiger partial charge is 0.550 e. The third-order valence-electron chi connectivity index (χ3n) is 4.40. The van der Waals surface area contributed by atoms with E-state index in [1.54, 1.807) is 12.1 Å². The number of amides is 1. The summed E-state index contributed by atoms with van der Waals surface area (Å²) in [6.07, 6.45) is 4.21. The van der Waals surface area contributed by atoms with Gasteiger partial charge in [-0.3, -0.25) is 4.79 Å². The summed E-state index contributed by atoms with van der Waals surface area (Å²) >= 11 is 0. The summed E-state index contributed by atoms with van der Waals surface area (Å²) in [5.74, 6) is -4.01. The van der Waals surface area contributed by atoms with Crippen LogP contribution in [-0.4, -0.2) is 18.5 Å². The van der Waals surface area contributed by atoms with Crippen LogP contribution < -0.4 is 15.2 Å². The summed E-state index contributed by atoms with van der Waals surface area (Å²) in [5.41, 5.74) is 0.0849. The molecular weight excluding hydrogens is 308 g/mol. The number of carboxylic acid groups (broad SMARTS) is 1. The summed E-state index contributed by atoms with van der Waals surface area (Å²) in [5, 5.41) is 13.8. The Hall–Kier alpha value is -2.44. The van der Waals surface area contributed by atoms with E-state index >= 15 is 0 Å². The van der Waals surface area contributed by atoms with Crippen LogP contribution in [0.2, 0.25) is 0 Å². The lowest BCUT2D eigenvalue weighted by atomic mass is 9.82. The summed E-state index contributed by atoms with van der Waals surface area (Å²) in [6, 6.07) is 5.79. The lowest BCUT2D eigenvalue weighted by Gasteiger charge is -2.28. The van der Waals surface area contributed by atoms with Crippen LogP contribution in [0.4, 0.5) is 14.5 Å². The van der Waals surface area contributed by atoms with Gasteiger partial charge in [-0.15, -0.1) is 0 Å². The lowest BCUT2D eigenvalue weighted by Crippen LogP contribution is -2.42. The number of hydrogen-bond acceptors (Lipinski definition) is 4. The van der Waals surface area contributed by atoms with Gasteiger partial charge in [-0.2, -0.15) is 8.78 Å². The Morgan fingerprint density at radius 3 is 2.48 bits per heavy atom. The second-order valence-corrected chi connectivity index (χ2v) is 5.68. The van der Waals surface area contributed by atoms with Gasteiger partial charge in [0.25, 0.3) is 0 Å². The van der Waals surface area contributed by atoms with Crippen LogP contribution in [0.3, 0.4) is 0 Å². The fourth-order valence-electron chi connectivity index (χ4n) is 3.49. The Kier molecular flexibility index (Phi) is 4.02. The van der Waals surface area contributed by atoms with Crippen molar-refractivity contribution in [3.05, 3.63) is 36.4 Å². The molecule has 1 aromatic rings. The van der Waals surface area contributed by atoms with Gasteiger partial charge in [-0.05, 0) is 30.4 Å². The van der Waals surface area contributed by atoms with Gasteiger partial charge in [-0.1, -0.05) is 24.3 Å². The highest BCUT2D eigenvalue weighted by Gasteiger charge is 2.48. The van der Waals surface area contributed by atoms with Crippen LogP contribution in [0, 0.1) is 23.7 Å². The van der Waals surface area contributed by atoms with Crippen molar-refractivity contribution in [2.45, 2.75) is 13.0 Å². The van der Waals surface area contributed by atoms with Crippen LogP contribution in [0.1, 0.15) is 6.42 Å². The smallest absolute Gasteiger partial charge is 0.387 e. The van der Waals surface area contributed by atoms with Gasteiger partial charge < -0.3 is 20.0 Å². The molecule has 3 rings (SSSR count). The lowest BCUT2D eigenvalue weighted by molar-refractivity contribution is -0.313. The number of para-hydroxylation sites is 2. The zero-order chi connectivity index (χ0) is 16.6. The summed E-state index contributed by atoms with van der Waals surface area (Å²) in [6.45, 7) is -3.02. The van der Waals surface area contributed by atoms with E-state index in [1.165, 1.54) is 18.2 Å². The Morgan fingerprint density at radius 1 is 1.17 bits per heavy atom. The monoisotopic (exact) mass is 322 g/mol. The van der Waals surface area contributed by atoms with Crippen molar-refractivity contribution in [2.75, 3.05) is 5.32 Å². The first-order valence-corrected chi connectivity index (χ1v) is 7.21. The molecule has 0 saturated heterocycles. The fraction of sp³-hybridized carbons (Fsp3) is 0.375. The molecule has 0 spiro atoms. The van der Waals surface area contributed by atoms with E-state index in [2.05, 4.69) is 10.1 Å². The van der Waals surface area contributed by atoms with Gasteiger partial charge >= 0.3 is 6.61 Å². The molecule has 1 amide bonds. The van der Waals surface area contributed by atoms with Crippen LogP contribution >= 0.6 is 0 Å². The number of carboxylic acids is 1. The highest BCUT2D eigenvalue weighted by molar-refractivity contribution is 5.97. The highest BCUT2D eigenvalue weighted by Crippen LogP contribution is 2.48. The number of fused-ring (bicyclic) bond motifs is 2. The number of rotatable bonds is 5. The van der Waals surface area contributed by atoms with E-state index in [0.29, 0.717) is 6.42 Å². The van der Waals surface area contributed by atoms with Crippen LogP contribution in [0.25, 0.3) is 0 Å². The normalized spacial score (nSPS) is 28.1. The van der Waals surface area contributed by atoms with E-state index < -0.39 is 30.3 Å². The molecule has 122 valence electrons. The van der Waals surface area contributed by atoms with E-state index in [9.17, 15) is 23.5 Å². The fourth-order valence-corrected chi connectivity index (χ4v) is 3.49. The number of carbonyl (C=O) groups excluding carboxylic acids is 2. The highest BCUT2D eigenvalue weighted by atomic mass is 19.3. The minimum atomic E-state index is -3.02. The molecule has 2 aliphatic carbocycles. The molecular formula is C16H14F2NO4-. The molecule has 2 aliphatic rings. The maximum absolute atomic E-state index is 12.5. The van der Waals surface area contributed by atoms with Crippen molar-refractivity contribution in [1.82, 2.24) is 0 Å². The predicted molar refractivity (Wildman–Crippen MR) is 74.4 cm³/mol.